The summed E-state index contributed by atoms with van der Waals surface area (Å²) in [5.41, 5.74) is 0.819. The number of nitro benzene ring substituents is 1. The molecule has 78 valence electrons. The predicted molar refractivity (Wildman–Crippen MR) is 56.7 cm³/mol. The summed E-state index contributed by atoms with van der Waals surface area (Å²) in [6.45, 7) is 5.01. The minimum atomic E-state index is -0.536. The first-order chi connectivity index (χ1) is 7.04. The van der Waals surface area contributed by atoms with E-state index in [1.807, 2.05) is 0 Å². The minimum Gasteiger partial charge on any atom is -0.317 e. The summed E-state index contributed by atoms with van der Waals surface area (Å²) >= 11 is 0. The molecule has 0 atom stereocenters. The lowest BCUT2D eigenvalue weighted by atomic mass is 10.2. The molecule has 5 heteroatoms. The van der Waals surface area contributed by atoms with Gasteiger partial charge in [-0.25, -0.2) is 0 Å². The quantitative estimate of drug-likeness (QED) is 0.467. The number of carbonyl (C=O) groups is 1. The van der Waals surface area contributed by atoms with E-state index in [0.717, 1.165) is 11.6 Å². The van der Waals surface area contributed by atoms with Crippen LogP contribution in [0.15, 0.2) is 30.9 Å². The van der Waals surface area contributed by atoms with E-state index in [2.05, 4.69) is 11.9 Å². The average molecular weight is 206 g/mol. The maximum Gasteiger partial charge on any atom is 0.293 e. The number of benzene rings is 1. The lowest BCUT2D eigenvalue weighted by Crippen LogP contribution is -2.09. The zero-order valence-electron chi connectivity index (χ0n) is 8.19. The molecule has 0 fully saturated rings. The molecule has 0 aliphatic rings. The van der Waals surface area contributed by atoms with Crippen LogP contribution in [0, 0.1) is 17.0 Å². The second-order valence-electron chi connectivity index (χ2n) is 2.97. The Kier molecular flexibility index (Phi) is 3.17. The number of nitrogens with one attached hydrogen (secondary N) is 1. The molecule has 0 saturated heterocycles. The molecule has 0 spiro atoms. The number of rotatable bonds is 3. The highest BCUT2D eigenvalue weighted by atomic mass is 16.6. The Morgan fingerprint density at radius 3 is 2.80 bits per heavy atom. The van der Waals surface area contributed by atoms with Gasteiger partial charge in [0.2, 0.25) is 5.91 Å². The number of hydrogen-bond donors (Lipinski definition) is 1. The van der Waals surface area contributed by atoms with Crippen LogP contribution < -0.4 is 5.32 Å². The first-order valence-electron chi connectivity index (χ1n) is 4.23. The van der Waals surface area contributed by atoms with Crippen molar-refractivity contribution in [3.8, 4) is 0 Å². The molecule has 0 radical (unpaired) electrons. The maximum absolute atomic E-state index is 11.0. The third-order valence-electron chi connectivity index (χ3n) is 1.79. The Bertz CT molecular complexity index is 427. The monoisotopic (exact) mass is 206 g/mol. The average Bonchev–Trinajstić information content (AvgIpc) is 2.20. The molecule has 5 nitrogen and oxygen atoms in total. The van der Waals surface area contributed by atoms with Gasteiger partial charge in [0.25, 0.3) is 5.69 Å². The van der Waals surface area contributed by atoms with Crippen LogP contribution >= 0.6 is 0 Å². The smallest absolute Gasteiger partial charge is 0.293 e. The van der Waals surface area contributed by atoms with Gasteiger partial charge in [0.1, 0.15) is 5.69 Å². The van der Waals surface area contributed by atoms with Crippen LogP contribution in [-0.2, 0) is 4.79 Å². The first kappa shape index (κ1) is 10.9. The maximum atomic E-state index is 11.0. The normalized spacial score (nSPS) is 9.40. The highest BCUT2D eigenvalue weighted by Crippen LogP contribution is 2.25. The van der Waals surface area contributed by atoms with Gasteiger partial charge in [-0.3, -0.25) is 14.9 Å². The predicted octanol–water partition coefficient (Wildman–Crippen LogP) is 2.03. The molecule has 1 amide bonds. The molecule has 0 bridgehead atoms. The Morgan fingerprint density at radius 2 is 2.27 bits per heavy atom. The second-order valence-corrected chi connectivity index (χ2v) is 2.97. The fourth-order valence-electron chi connectivity index (χ4n) is 1.08. The van der Waals surface area contributed by atoms with Crippen molar-refractivity contribution in [1.82, 2.24) is 0 Å². The minimum absolute atomic E-state index is 0.120. The molecule has 1 N–H and O–H groups in total. The fraction of sp³-hybridized carbons (Fsp3) is 0.100. The van der Waals surface area contributed by atoms with Gasteiger partial charge < -0.3 is 5.32 Å². The summed E-state index contributed by atoms with van der Waals surface area (Å²) in [5.74, 6) is -0.470. The third kappa shape index (κ3) is 2.63. The number of nitro groups is 1. The Labute approximate surface area is 86.6 Å². The zero-order chi connectivity index (χ0) is 11.4. The van der Waals surface area contributed by atoms with Gasteiger partial charge in [-0.2, -0.15) is 0 Å². The summed E-state index contributed by atoms with van der Waals surface area (Å²) in [5, 5.41) is 13.0. The molecule has 1 aromatic rings. The van der Waals surface area contributed by atoms with E-state index < -0.39 is 10.8 Å². The van der Waals surface area contributed by atoms with Crippen molar-refractivity contribution >= 4 is 17.3 Å². The number of anilines is 1. The van der Waals surface area contributed by atoms with Gasteiger partial charge in [0.15, 0.2) is 0 Å². The largest absolute Gasteiger partial charge is 0.317 e. The molecule has 1 rings (SSSR count). The van der Waals surface area contributed by atoms with Crippen LogP contribution in [0.1, 0.15) is 5.56 Å². The number of carbonyl (C=O) groups excluding carboxylic acids is 1. The number of nitrogens with zero attached hydrogens (tertiary/aromatic N) is 1. The van der Waals surface area contributed by atoms with Gasteiger partial charge in [-0.1, -0.05) is 12.6 Å². The highest BCUT2D eigenvalue weighted by molar-refractivity contribution is 6.00. The van der Waals surface area contributed by atoms with Gasteiger partial charge in [-0.15, -0.1) is 0 Å². The lowest BCUT2D eigenvalue weighted by molar-refractivity contribution is -0.384. The van der Waals surface area contributed by atoms with Crippen molar-refractivity contribution in [3.63, 3.8) is 0 Å². The summed E-state index contributed by atoms with van der Waals surface area (Å²) in [4.78, 5) is 21.1. The van der Waals surface area contributed by atoms with Crippen molar-refractivity contribution < 1.29 is 9.72 Å². The van der Waals surface area contributed by atoms with E-state index in [4.69, 9.17) is 0 Å². The van der Waals surface area contributed by atoms with Crippen molar-refractivity contribution in [1.29, 1.82) is 0 Å². The standard InChI is InChI=1S/C10H10N2O3/c1-3-10(13)11-8-5-4-7(2)6-9(8)12(14)15/h3-6H,1H2,2H3,(H,11,13). The van der Waals surface area contributed by atoms with Crippen LogP contribution in [0.3, 0.4) is 0 Å². The fourth-order valence-corrected chi connectivity index (χ4v) is 1.08. The molecular weight excluding hydrogens is 196 g/mol. The van der Waals surface area contributed by atoms with Crippen molar-refractivity contribution in [2.24, 2.45) is 0 Å². The third-order valence-corrected chi connectivity index (χ3v) is 1.79. The topological polar surface area (TPSA) is 72.2 Å². The number of hydrogen-bond acceptors (Lipinski definition) is 3. The number of aryl methyl sites for hydroxylation is 1. The Hall–Kier alpha value is -2.17. The van der Waals surface area contributed by atoms with E-state index in [0.29, 0.717) is 0 Å². The summed E-state index contributed by atoms with van der Waals surface area (Å²) in [7, 11) is 0. The van der Waals surface area contributed by atoms with E-state index in [1.54, 1.807) is 13.0 Å². The highest BCUT2D eigenvalue weighted by Gasteiger charge is 2.14. The van der Waals surface area contributed by atoms with Crippen molar-refractivity contribution in [3.05, 3.63) is 46.5 Å². The summed E-state index contributed by atoms with van der Waals surface area (Å²) < 4.78 is 0. The van der Waals surface area contributed by atoms with Crippen LogP contribution in [0.5, 0.6) is 0 Å². The van der Waals surface area contributed by atoms with E-state index in [9.17, 15) is 14.9 Å². The number of amides is 1. The zero-order valence-corrected chi connectivity index (χ0v) is 8.19. The SMILES string of the molecule is C=CC(=O)Nc1ccc(C)cc1[N+](=O)[O-]. The first-order valence-corrected chi connectivity index (χ1v) is 4.23. The molecule has 0 heterocycles. The van der Waals surface area contributed by atoms with Gasteiger partial charge >= 0.3 is 0 Å². The molecule has 0 aliphatic carbocycles. The van der Waals surface area contributed by atoms with Gasteiger partial charge in [0.05, 0.1) is 4.92 Å². The van der Waals surface area contributed by atoms with E-state index in [-0.39, 0.29) is 11.4 Å². The van der Waals surface area contributed by atoms with Crippen LogP contribution in [0.2, 0.25) is 0 Å². The molecule has 15 heavy (non-hydrogen) atoms. The van der Waals surface area contributed by atoms with Gasteiger partial charge in [-0.05, 0) is 24.6 Å². The summed E-state index contributed by atoms with van der Waals surface area (Å²) in [6, 6.07) is 4.58. The van der Waals surface area contributed by atoms with Crippen molar-refractivity contribution in [2.75, 3.05) is 5.32 Å². The molecule has 0 aliphatic heterocycles. The van der Waals surface area contributed by atoms with E-state index >= 15 is 0 Å². The van der Waals surface area contributed by atoms with E-state index in [1.165, 1.54) is 12.1 Å². The van der Waals surface area contributed by atoms with Crippen LogP contribution in [0.4, 0.5) is 11.4 Å². The van der Waals surface area contributed by atoms with Crippen LogP contribution in [-0.4, -0.2) is 10.8 Å². The van der Waals surface area contributed by atoms with Gasteiger partial charge in [0, 0.05) is 6.07 Å². The lowest BCUT2D eigenvalue weighted by Gasteiger charge is -2.03. The Balaban J connectivity index is 3.11. The molecule has 0 unspecified atom stereocenters. The second kappa shape index (κ2) is 4.36. The summed E-state index contributed by atoms with van der Waals surface area (Å²) in [6.07, 6.45) is 1.06. The van der Waals surface area contributed by atoms with Crippen molar-refractivity contribution in [2.45, 2.75) is 6.92 Å². The molecule has 0 saturated carbocycles. The van der Waals surface area contributed by atoms with Crippen LogP contribution in [0.25, 0.3) is 0 Å². The molecule has 0 aromatic heterocycles. The molecular formula is C10H10N2O3. The molecule has 1 aromatic carbocycles. The Morgan fingerprint density at radius 1 is 1.60 bits per heavy atom.